The highest BCUT2D eigenvalue weighted by atomic mass is 35.5. The Balaban J connectivity index is 2.29. The van der Waals surface area contributed by atoms with Gasteiger partial charge in [0.05, 0.1) is 11.7 Å². The van der Waals surface area contributed by atoms with Crippen LogP contribution in [0.2, 0.25) is 5.02 Å². The highest BCUT2D eigenvalue weighted by molar-refractivity contribution is 6.30. The number of rotatable bonds is 5. The molecule has 0 fully saturated rings. The molecule has 0 aliphatic rings. The number of nitrogens with zero attached hydrogens (tertiary/aromatic N) is 1. The molecule has 2 aromatic carbocycles. The zero-order valence-electron chi connectivity index (χ0n) is 10.5. The highest BCUT2D eigenvalue weighted by Gasteiger charge is 2.18. The topological polar surface area (TPSA) is 23.5 Å². The Hall–Kier alpha value is -1.77. The van der Waals surface area contributed by atoms with Gasteiger partial charge in [-0.2, -0.15) is 0 Å². The van der Waals surface area contributed by atoms with E-state index in [1.54, 1.807) is 6.08 Å². The van der Waals surface area contributed by atoms with E-state index in [1.165, 1.54) is 5.06 Å². The summed E-state index contributed by atoms with van der Waals surface area (Å²) >= 11 is 5.89. The quantitative estimate of drug-likeness (QED) is 0.622. The monoisotopic (exact) mass is 273 g/mol. The van der Waals surface area contributed by atoms with Crippen molar-refractivity contribution in [3.8, 4) is 0 Å². The zero-order chi connectivity index (χ0) is 13.7. The molecule has 0 radical (unpaired) electrons. The predicted octanol–water partition coefficient (Wildman–Crippen LogP) is 4.85. The van der Waals surface area contributed by atoms with Crippen LogP contribution in [0.1, 0.15) is 18.0 Å². The van der Waals surface area contributed by atoms with E-state index in [9.17, 15) is 5.21 Å². The average Bonchev–Trinajstić information content (AvgIpc) is 2.46. The molecule has 19 heavy (non-hydrogen) atoms. The summed E-state index contributed by atoms with van der Waals surface area (Å²) in [7, 11) is 0. The Bertz CT molecular complexity index is 524. The first-order valence-electron chi connectivity index (χ1n) is 6.12. The van der Waals surface area contributed by atoms with Gasteiger partial charge in [0.1, 0.15) is 0 Å². The normalized spacial score (nSPS) is 11.9. The van der Waals surface area contributed by atoms with Crippen LogP contribution in [-0.4, -0.2) is 5.21 Å². The molecule has 0 saturated heterocycles. The lowest BCUT2D eigenvalue weighted by molar-refractivity contribution is 0.216. The van der Waals surface area contributed by atoms with Crippen molar-refractivity contribution in [1.29, 1.82) is 0 Å². The van der Waals surface area contributed by atoms with Crippen molar-refractivity contribution in [3.05, 3.63) is 77.8 Å². The molecule has 98 valence electrons. The molecule has 1 atom stereocenters. The molecular weight excluding hydrogens is 258 g/mol. The second-order valence-corrected chi connectivity index (χ2v) is 4.71. The third kappa shape index (κ3) is 3.37. The number of halogens is 1. The maximum atomic E-state index is 10.4. The van der Waals surface area contributed by atoms with Gasteiger partial charge in [-0.05, 0) is 36.2 Å². The smallest absolute Gasteiger partial charge is 0.0847 e. The molecule has 2 nitrogen and oxygen atoms in total. The van der Waals surface area contributed by atoms with Crippen molar-refractivity contribution >= 4 is 17.3 Å². The molecule has 0 saturated carbocycles. The lowest BCUT2D eigenvalue weighted by Gasteiger charge is -2.27. The molecule has 0 aliphatic carbocycles. The van der Waals surface area contributed by atoms with Gasteiger partial charge in [0.2, 0.25) is 0 Å². The highest BCUT2D eigenvalue weighted by Crippen LogP contribution is 2.29. The minimum atomic E-state index is -0.169. The Labute approximate surface area is 118 Å². The molecule has 0 aromatic heterocycles. The van der Waals surface area contributed by atoms with E-state index in [0.717, 1.165) is 11.3 Å². The number of hydrogen-bond donors (Lipinski definition) is 1. The minimum absolute atomic E-state index is 0.169. The first kappa shape index (κ1) is 13.7. The van der Waals surface area contributed by atoms with Gasteiger partial charge in [0, 0.05) is 5.02 Å². The van der Waals surface area contributed by atoms with Crippen LogP contribution < -0.4 is 5.06 Å². The maximum Gasteiger partial charge on any atom is 0.0847 e. The van der Waals surface area contributed by atoms with Crippen LogP contribution in [-0.2, 0) is 0 Å². The number of para-hydroxylation sites is 1. The molecule has 0 aliphatic heterocycles. The second kappa shape index (κ2) is 6.41. The summed E-state index contributed by atoms with van der Waals surface area (Å²) in [4.78, 5) is 0. The van der Waals surface area contributed by atoms with Gasteiger partial charge in [-0.1, -0.05) is 48.0 Å². The molecular formula is C16H16ClNO. The lowest BCUT2D eigenvalue weighted by Crippen LogP contribution is -2.24. The summed E-state index contributed by atoms with van der Waals surface area (Å²) in [6.07, 6.45) is 2.44. The molecule has 0 amide bonds. The van der Waals surface area contributed by atoms with E-state index in [2.05, 4.69) is 6.58 Å². The SMILES string of the molecule is C=CCC(c1ccc(Cl)cc1)N(O)c1ccccc1. The van der Waals surface area contributed by atoms with Crippen LogP contribution in [0, 0.1) is 0 Å². The van der Waals surface area contributed by atoms with Crippen LogP contribution in [0.3, 0.4) is 0 Å². The van der Waals surface area contributed by atoms with Crippen LogP contribution >= 0.6 is 11.6 Å². The summed E-state index contributed by atoms with van der Waals surface area (Å²) in [5.41, 5.74) is 1.75. The van der Waals surface area contributed by atoms with Gasteiger partial charge >= 0.3 is 0 Å². The maximum absolute atomic E-state index is 10.4. The van der Waals surface area contributed by atoms with E-state index in [4.69, 9.17) is 11.6 Å². The number of hydrogen-bond acceptors (Lipinski definition) is 2. The summed E-state index contributed by atoms with van der Waals surface area (Å²) < 4.78 is 0. The van der Waals surface area contributed by atoms with Crippen LogP contribution in [0.5, 0.6) is 0 Å². The molecule has 1 N–H and O–H groups in total. The van der Waals surface area contributed by atoms with Crippen LogP contribution in [0.4, 0.5) is 5.69 Å². The van der Waals surface area contributed by atoms with Crippen molar-refractivity contribution in [2.45, 2.75) is 12.5 Å². The summed E-state index contributed by atoms with van der Waals surface area (Å²) in [5.74, 6) is 0. The van der Waals surface area contributed by atoms with Gasteiger partial charge in [-0.25, -0.2) is 5.06 Å². The Morgan fingerprint density at radius 1 is 1.11 bits per heavy atom. The van der Waals surface area contributed by atoms with Gasteiger partial charge in [-0.3, -0.25) is 5.21 Å². The fourth-order valence-electron chi connectivity index (χ4n) is 1.98. The fraction of sp³-hybridized carbons (Fsp3) is 0.125. The van der Waals surface area contributed by atoms with Crippen molar-refractivity contribution in [2.24, 2.45) is 0 Å². The fourth-order valence-corrected chi connectivity index (χ4v) is 2.11. The van der Waals surface area contributed by atoms with Crippen molar-refractivity contribution in [3.63, 3.8) is 0 Å². The lowest BCUT2D eigenvalue weighted by atomic mass is 10.0. The van der Waals surface area contributed by atoms with E-state index in [0.29, 0.717) is 11.4 Å². The summed E-state index contributed by atoms with van der Waals surface area (Å²) in [6.45, 7) is 3.76. The van der Waals surface area contributed by atoms with Gasteiger partial charge in [0.25, 0.3) is 0 Å². The molecule has 0 spiro atoms. The van der Waals surface area contributed by atoms with E-state index in [-0.39, 0.29) is 6.04 Å². The third-order valence-electron chi connectivity index (χ3n) is 2.96. The van der Waals surface area contributed by atoms with Crippen molar-refractivity contribution in [2.75, 3.05) is 5.06 Å². The zero-order valence-corrected chi connectivity index (χ0v) is 11.3. The Morgan fingerprint density at radius 3 is 2.32 bits per heavy atom. The first-order valence-corrected chi connectivity index (χ1v) is 6.49. The van der Waals surface area contributed by atoms with Crippen molar-refractivity contribution in [1.82, 2.24) is 0 Å². The van der Waals surface area contributed by atoms with Gasteiger partial charge in [0.15, 0.2) is 0 Å². The molecule has 2 aromatic rings. The average molecular weight is 274 g/mol. The molecule has 3 heteroatoms. The summed E-state index contributed by atoms with van der Waals surface area (Å²) in [6, 6.07) is 16.8. The molecule has 0 bridgehead atoms. The first-order chi connectivity index (χ1) is 9.22. The Kier molecular flexibility index (Phi) is 4.61. The van der Waals surface area contributed by atoms with Crippen LogP contribution in [0.25, 0.3) is 0 Å². The van der Waals surface area contributed by atoms with E-state index < -0.39 is 0 Å². The van der Waals surface area contributed by atoms with E-state index in [1.807, 2.05) is 54.6 Å². The van der Waals surface area contributed by atoms with Gasteiger partial charge < -0.3 is 0 Å². The van der Waals surface area contributed by atoms with Crippen LogP contribution in [0.15, 0.2) is 67.3 Å². The summed E-state index contributed by atoms with van der Waals surface area (Å²) in [5, 5.41) is 12.3. The number of anilines is 1. The number of benzene rings is 2. The minimum Gasteiger partial charge on any atom is -0.288 e. The Morgan fingerprint density at radius 2 is 1.74 bits per heavy atom. The second-order valence-electron chi connectivity index (χ2n) is 4.27. The predicted molar refractivity (Wildman–Crippen MR) is 79.7 cm³/mol. The number of hydroxylamine groups is 1. The third-order valence-corrected chi connectivity index (χ3v) is 3.21. The van der Waals surface area contributed by atoms with Crippen molar-refractivity contribution < 1.29 is 5.21 Å². The molecule has 1 unspecified atom stereocenters. The van der Waals surface area contributed by atoms with E-state index >= 15 is 0 Å². The molecule has 0 heterocycles. The standard InChI is InChI=1S/C16H16ClNO/c1-2-6-16(13-9-11-14(17)12-10-13)18(19)15-7-4-3-5-8-15/h2-5,7-12,16,19H,1,6H2. The van der Waals surface area contributed by atoms with Gasteiger partial charge in [-0.15, -0.1) is 6.58 Å². The molecule has 2 rings (SSSR count). The largest absolute Gasteiger partial charge is 0.288 e.